The Morgan fingerprint density at radius 2 is 2.04 bits per heavy atom. The van der Waals surface area contributed by atoms with E-state index in [1.54, 1.807) is 30.1 Å². The highest BCUT2D eigenvalue weighted by atomic mass is 79.9. The maximum Gasteiger partial charge on any atom is 0.251 e. The highest BCUT2D eigenvalue weighted by Gasteiger charge is 2.13. The molecule has 0 aliphatic rings. The van der Waals surface area contributed by atoms with Crippen LogP contribution in [0.4, 0.5) is 5.82 Å². The summed E-state index contributed by atoms with van der Waals surface area (Å²) in [4.78, 5) is 21.3. The Morgan fingerprint density at radius 3 is 2.75 bits per heavy atom. The number of nitrogens with zero attached hydrogens (tertiary/aromatic N) is 4. The van der Waals surface area contributed by atoms with Gasteiger partial charge >= 0.3 is 0 Å². The van der Waals surface area contributed by atoms with Gasteiger partial charge in [0, 0.05) is 30.2 Å². The second-order valence-electron chi connectivity index (χ2n) is 5.85. The molecule has 0 atom stereocenters. The minimum absolute atomic E-state index is 0.120. The van der Waals surface area contributed by atoms with Crippen LogP contribution in [0.25, 0.3) is 11.0 Å². The Bertz CT molecular complexity index is 947. The van der Waals surface area contributed by atoms with Gasteiger partial charge in [0.2, 0.25) is 0 Å². The fraction of sp³-hybridized carbons (Fsp3) is 0.333. The average molecular weight is 465 g/mol. The molecule has 0 fully saturated rings. The van der Waals surface area contributed by atoms with E-state index in [0.29, 0.717) is 37.0 Å². The van der Waals surface area contributed by atoms with Gasteiger partial charge in [-0.2, -0.15) is 5.10 Å². The number of methoxy groups -OCH3 is 1. The van der Waals surface area contributed by atoms with Gasteiger partial charge in [0.25, 0.3) is 5.91 Å². The van der Waals surface area contributed by atoms with Crippen LogP contribution in [-0.4, -0.2) is 58.7 Å². The van der Waals surface area contributed by atoms with Gasteiger partial charge in [0.15, 0.2) is 10.8 Å². The molecule has 0 saturated carbocycles. The molecule has 0 saturated heterocycles. The van der Waals surface area contributed by atoms with Crippen molar-refractivity contribution < 1.29 is 9.53 Å². The molecular weight excluding hydrogens is 444 g/mol. The van der Waals surface area contributed by atoms with E-state index < -0.39 is 0 Å². The number of amides is 1. The molecule has 8 nitrogen and oxygen atoms in total. The first-order valence-electron chi connectivity index (χ1n) is 8.66. The van der Waals surface area contributed by atoms with E-state index in [4.69, 9.17) is 4.74 Å². The second-order valence-corrected chi connectivity index (χ2v) is 7.54. The van der Waals surface area contributed by atoms with Crippen LogP contribution in [0.15, 0.2) is 40.1 Å². The van der Waals surface area contributed by atoms with E-state index in [1.807, 2.05) is 18.4 Å². The molecule has 0 spiro atoms. The molecule has 3 rings (SSSR count). The molecule has 1 aromatic carbocycles. The van der Waals surface area contributed by atoms with Crippen LogP contribution in [0.5, 0.6) is 0 Å². The minimum Gasteiger partial charge on any atom is -0.383 e. The van der Waals surface area contributed by atoms with Crippen LogP contribution in [0.3, 0.4) is 0 Å². The standard InChI is InChI=1S/C18H21BrN6O2S/c1-27-10-8-20-15-14-11-22-25(16(14)24-18(23-15)28-2)9-7-21-17(26)12-3-5-13(19)6-4-12/h3-6,11H,7-10H2,1-2H3,(H,21,26)(H,20,23,24). The van der Waals surface area contributed by atoms with Crippen LogP contribution in [0.2, 0.25) is 0 Å². The zero-order valence-corrected chi connectivity index (χ0v) is 18.0. The maximum atomic E-state index is 12.2. The fourth-order valence-corrected chi connectivity index (χ4v) is 3.20. The number of anilines is 1. The predicted octanol–water partition coefficient (Wildman–Crippen LogP) is 2.80. The number of hydrogen-bond donors (Lipinski definition) is 2. The van der Waals surface area contributed by atoms with Crippen molar-refractivity contribution in [3.05, 3.63) is 40.5 Å². The molecule has 0 aliphatic carbocycles. The van der Waals surface area contributed by atoms with Crippen LogP contribution >= 0.6 is 27.7 Å². The Morgan fingerprint density at radius 1 is 1.25 bits per heavy atom. The number of carbonyl (C=O) groups is 1. The van der Waals surface area contributed by atoms with Crippen molar-refractivity contribution in [2.75, 3.05) is 38.4 Å². The number of ether oxygens (including phenoxy) is 1. The quantitative estimate of drug-likeness (QED) is 0.285. The summed E-state index contributed by atoms with van der Waals surface area (Å²) >= 11 is 4.83. The van der Waals surface area contributed by atoms with Gasteiger partial charge in [0.05, 0.1) is 24.7 Å². The number of carbonyl (C=O) groups excluding carboxylic acids is 1. The molecule has 2 aromatic heterocycles. The number of benzene rings is 1. The molecule has 1 amide bonds. The molecule has 0 unspecified atom stereocenters. The summed E-state index contributed by atoms with van der Waals surface area (Å²) in [6.45, 7) is 2.17. The molecule has 148 valence electrons. The smallest absolute Gasteiger partial charge is 0.251 e. The Kier molecular flexibility index (Phi) is 7.24. The minimum atomic E-state index is -0.120. The van der Waals surface area contributed by atoms with Gasteiger partial charge < -0.3 is 15.4 Å². The van der Waals surface area contributed by atoms with E-state index in [-0.39, 0.29) is 5.91 Å². The zero-order chi connectivity index (χ0) is 19.9. The van der Waals surface area contributed by atoms with Crippen LogP contribution < -0.4 is 10.6 Å². The van der Waals surface area contributed by atoms with E-state index in [0.717, 1.165) is 21.3 Å². The highest BCUT2D eigenvalue weighted by molar-refractivity contribution is 9.10. The summed E-state index contributed by atoms with van der Waals surface area (Å²) in [6.07, 6.45) is 3.67. The van der Waals surface area contributed by atoms with E-state index >= 15 is 0 Å². The number of nitrogens with one attached hydrogen (secondary N) is 2. The Labute approximate surface area is 175 Å². The molecule has 0 radical (unpaired) electrons. The molecule has 3 aromatic rings. The number of thioether (sulfide) groups is 1. The highest BCUT2D eigenvalue weighted by Crippen LogP contribution is 2.23. The molecule has 2 heterocycles. The molecule has 28 heavy (non-hydrogen) atoms. The van der Waals surface area contributed by atoms with Gasteiger partial charge in [-0.15, -0.1) is 0 Å². The van der Waals surface area contributed by atoms with Crippen LogP contribution in [0, 0.1) is 0 Å². The maximum absolute atomic E-state index is 12.2. The third-order valence-corrected chi connectivity index (χ3v) is 5.05. The third kappa shape index (κ3) is 5.00. The van der Waals surface area contributed by atoms with Crippen molar-refractivity contribution in [3.8, 4) is 0 Å². The summed E-state index contributed by atoms with van der Waals surface area (Å²) in [6, 6.07) is 7.24. The van der Waals surface area contributed by atoms with Gasteiger partial charge in [-0.1, -0.05) is 27.7 Å². The summed E-state index contributed by atoms with van der Waals surface area (Å²) in [5.41, 5.74) is 1.35. The van der Waals surface area contributed by atoms with Gasteiger partial charge in [-0.3, -0.25) is 4.79 Å². The molecular formula is C18H21BrN6O2S. The lowest BCUT2D eigenvalue weighted by molar-refractivity contribution is 0.0952. The fourth-order valence-electron chi connectivity index (χ4n) is 2.58. The summed E-state index contributed by atoms with van der Waals surface area (Å²) < 4.78 is 7.80. The number of rotatable bonds is 9. The van der Waals surface area contributed by atoms with Crippen LogP contribution in [-0.2, 0) is 11.3 Å². The van der Waals surface area contributed by atoms with E-state index in [9.17, 15) is 4.79 Å². The summed E-state index contributed by atoms with van der Waals surface area (Å²) in [7, 11) is 1.66. The average Bonchev–Trinajstić information content (AvgIpc) is 3.11. The van der Waals surface area contributed by atoms with E-state index in [2.05, 4.69) is 41.6 Å². The summed E-state index contributed by atoms with van der Waals surface area (Å²) in [5.74, 6) is 0.613. The van der Waals surface area contributed by atoms with Crippen molar-refractivity contribution >= 4 is 50.5 Å². The van der Waals surface area contributed by atoms with Crippen LogP contribution in [0.1, 0.15) is 10.4 Å². The van der Waals surface area contributed by atoms with Gasteiger partial charge in [-0.05, 0) is 30.5 Å². The SMILES string of the molecule is COCCNc1nc(SC)nc2c1cnn2CCNC(=O)c1ccc(Br)cc1. The van der Waals surface area contributed by atoms with Crippen molar-refractivity contribution in [3.63, 3.8) is 0 Å². The number of fused-ring (bicyclic) bond motifs is 1. The second kappa shape index (κ2) is 9.85. The topological polar surface area (TPSA) is 94.0 Å². The first kappa shape index (κ1) is 20.6. The first-order valence-corrected chi connectivity index (χ1v) is 10.7. The normalized spacial score (nSPS) is 11.0. The van der Waals surface area contributed by atoms with Gasteiger partial charge in [0.1, 0.15) is 5.82 Å². The third-order valence-electron chi connectivity index (χ3n) is 3.97. The Balaban J connectivity index is 1.69. The van der Waals surface area contributed by atoms with E-state index in [1.165, 1.54) is 11.8 Å². The zero-order valence-electron chi connectivity index (χ0n) is 15.6. The predicted molar refractivity (Wildman–Crippen MR) is 114 cm³/mol. The lowest BCUT2D eigenvalue weighted by atomic mass is 10.2. The van der Waals surface area contributed by atoms with Crippen molar-refractivity contribution in [2.24, 2.45) is 0 Å². The lowest BCUT2D eigenvalue weighted by Crippen LogP contribution is -2.27. The summed E-state index contributed by atoms with van der Waals surface area (Å²) in [5, 5.41) is 12.1. The molecule has 0 bridgehead atoms. The van der Waals surface area contributed by atoms with Crippen molar-refractivity contribution in [1.29, 1.82) is 0 Å². The van der Waals surface area contributed by atoms with Crippen molar-refractivity contribution in [2.45, 2.75) is 11.7 Å². The monoisotopic (exact) mass is 464 g/mol. The number of halogens is 1. The van der Waals surface area contributed by atoms with Gasteiger partial charge in [-0.25, -0.2) is 14.6 Å². The largest absolute Gasteiger partial charge is 0.383 e. The Hall–Kier alpha value is -2.17. The number of aromatic nitrogens is 4. The number of hydrogen-bond acceptors (Lipinski definition) is 7. The molecule has 0 aliphatic heterocycles. The molecule has 2 N–H and O–H groups in total. The van der Waals surface area contributed by atoms with Crippen molar-refractivity contribution in [1.82, 2.24) is 25.1 Å². The molecule has 10 heteroatoms. The lowest BCUT2D eigenvalue weighted by Gasteiger charge is -2.09. The first-order chi connectivity index (χ1) is 13.6.